The molecule has 0 aliphatic rings. The molecule has 0 saturated carbocycles. The lowest BCUT2D eigenvalue weighted by atomic mass is 10.0. The molecule has 0 atom stereocenters. The molecule has 15 heteroatoms. The van der Waals surface area contributed by atoms with Gasteiger partial charge in [0.15, 0.2) is 36.3 Å². The highest BCUT2D eigenvalue weighted by molar-refractivity contribution is 6.03. The first-order chi connectivity index (χ1) is 17.6. The van der Waals surface area contributed by atoms with Crippen molar-refractivity contribution < 1.29 is 61.9 Å². The van der Waals surface area contributed by atoms with Gasteiger partial charge in [-0.3, -0.25) is 15.0 Å². The number of aliphatic carboxylic acids is 3. The molecule has 38 heavy (non-hydrogen) atoms. The summed E-state index contributed by atoms with van der Waals surface area (Å²) in [5, 5.41) is 32.0. The smallest absolute Gasteiger partial charge is 0.479 e. The number of amidine groups is 1. The molecular weight excluding hydrogens is 521 g/mol. The highest BCUT2D eigenvalue weighted by Gasteiger charge is 2.38. The normalized spacial score (nSPS) is 10.4. The van der Waals surface area contributed by atoms with E-state index in [2.05, 4.69) is 0 Å². The number of alkyl halides is 3. The third-order valence-electron chi connectivity index (χ3n) is 4.31. The van der Waals surface area contributed by atoms with Crippen LogP contribution in [-0.2, 0) is 14.4 Å². The number of nitrogens with two attached hydrogens (primary N) is 1. The minimum absolute atomic E-state index is 0.0261. The van der Waals surface area contributed by atoms with E-state index in [-0.39, 0.29) is 41.5 Å². The number of rotatable bonds is 12. The van der Waals surface area contributed by atoms with Crippen molar-refractivity contribution in [3.05, 3.63) is 59.2 Å². The number of carbonyl (C=O) groups excluding carboxylic acids is 2. The Labute approximate surface area is 211 Å². The number of benzene rings is 2. The number of hydrogen-bond acceptors (Lipinski definition) is 8. The van der Waals surface area contributed by atoms with Gasteiger partial charge >= 0.3 is 24.1 Å². The summed E-state index contributed by atoms with van der Waals surface area (Å²) in [7, 11) is 0. The van der Waals surface area contributed by atoms with Gasteiger partial charge in [0.25, 0.3) is 0 Å². The third kappa shape index (κ3) is 10.8. The first-order valence-corrected chi connectivity index (χ1v) is 10.3. The number of ether oxygens (including phenoxy) is 2. The number of hydrogen-bond donors (Lipinski definition) is 5. The molecule has 2 rings (SSSR count). The van der Waals surface area contributed by atoms with Gasteiger partial charge < -0.3 is 30.5 Å². The summed E-state index contributed by atoms with van der Waals surface area (Å²) >= 11 is 0. The molecule has 0 fully saturated rings. The Bertz CT molecular complexity index is 1210. The van der Waals surface area contributed by atoms with Crippen molar-refractivity contribution in [2.24, 2.45) is 5.73 Å². The molecule has 0 saturated heterocycles. The van der Waals surface area contributed by atoms with E-state index < -0.39 is 43.1 Å². The lowest BCUT2D eigenvalue weighted by molar-refractivity contribution is -0.192. The van der Waals surface area contributed by atoms with Crippen LogP contribution in [0.5, 0.6) is 11.5 Å². The van der Waals surface area contributed by atoms with Crippen LogP contribution in [0, 0.1) is 5.41 Å². The van der Waals surface area contributed by atoms with E-state index in [1.54, 1.807) is 12.1 Å². The second kappa shape index (κ2) is 14.0. The quantitative estimate of drug-likeness (QED) is 0.149. The molecule has 204 valence electrons. The predicted molar refractivity (Wildman–Crippen MR) is 122 cm³/mol. The van der Waals surface area contributed by atoms with Crippen molar-refractivity contribution in [3.8, 4) is 11.5 Å². The summed E-state index contributed by atoms with van der Waals surface area (Å²) in [6.07, 6.45) is -5.26. The van der Waals surface area contributed by atoms with Gasteiger partial charge in [-0.05, 0) is 18.2 Å². The number of carbonyl (C=O) groups is 5. The van der Waals surface area contributed by atoms with Crippen molar-refractivity contribution in [2.45, 2.75) is 19.0 Å². The Morgan fingerprint density at radius 2 is 1.13 bits per heavy atom. The average Bonchev–Trinajstić information content (AvgIpc) is 2.84. The standard InChI is InChI=1S/C21H20N2O8.C2HF3O2/c22-21(23)13-3-1-12(2-4-13)15(24)6-7-16(25)14-5-8-17(30-10-19(26)27)18(9-14)31-11-20(28)29;3-2(4,5)1(6)7/h1-5,8-9H,6-7,10-11H2,(H3,22,23)(H,26,27)(H,28,29);(H,6,7). The summed E-state index contributed by atoms with van der Waals surface area (Å²) < 4.78 is 41.9. The molecule has 2 aromatic rings. The molecule has 6 N–H and O–H groups in total. The second-order valence-corrected chi connectivity index (χ2v) is 7.17. The summed E-state index contributed by atoms with van der Waals surface area (Å²) in [4.78, 5) is 55.1. The van der Waals surface area contributed by atoms with E-state index in [0.29, 0.717) is 11.1 Å². The van der Waals surface area contributed by atoms with Crippen LogP contribution < -0.4 is 15.2 Å². The van der Waals surface area contributed by atoms with Crippen molar-refractivity contribution >= 4 is 35.3 Å². The Morgan fingerprint density at radius 1 is 0.737 bits per heavy atom. The molecular formula is C23H21F3N2O10. The molecule has 0 aromatic heterocycles. The zero-order chi connectivity index (χ0) is 29.0. The van der Waals surface area contributed by atoms with Gasteiger partial charge in [-0.15, -0.1) is 0 Å². The fraction of sp³-hybridized carbons (Fsp3) is 0.217. The highest BCUT2D eigenvalue weighted by Crippen LogP contribution is 2.29. The molecule has 0 spiro atoms. The number of Topliss-reactive ketones (excluding diaryl/α,β-unsaturated/α-hetero) is 2. The first-order valence-electron chi connectivity index (χ1n) is 10.3. The largest absolute Gasteiger partial charge is 0.490 e. The maximum absolute atomic E-state index is 12.5. The third-order valence-corrected chi connectivity index (χ3v) is 4.31. The van der Waals surface area contributed by atoms with Gasteiger partial charge in [0.1, 0.15) is 5.84 Å². The average molecular weight is 542 g/mol. The van der Waals surface area contributed by atoms with Crippen LogP contribution in [0.25, 0.3) is 0 Å². The molecule has 2 aromatic carbocycles. The number of halogens is 3. The lowest BCUT2D eigenvalue weighted by Gasteiger charge is -2.12. The van der Waals surface area contributed by atoms with Gasteiger partial charge in [0.05, 0.1) is 0 Å². The lowest BCUT2D eigenvalue weighted by Crippen LogP contribution is -2.21. The molecule has 0 heterocycles. The van der Waals surface area contributed by atoms with Crippen molar-refractivity contribution in [2.75, 3.05) is 13.2 Å². The molecule has 0 bridgehead atoms. The van der Waals surface area contributed by atoms with E-state index in [4.69, 9.17) is 40.7 Å². The Balaban J connectivity index is 0.000000905. The molecule has 12 nitrogen and oxygen atoms in total. The van der Waals surface area contributed by atoms with Crippen LogP contribution in [0.2, 0.25) is 0 Å². The summed E-state index contributed by atoms with van der Waals surface area (Å²) in [6, 6.07) is 10.0. The van der Waals surface area contributed by atoms with Gasteiger partial charge in [0.2, 0.25) is 0 Å². The zero-order valence-corrected chi connectivity index (χ0v) is 19.3. The summed E-state index contributed by atoms with van der Waals surface area (Å²) in [5.74, 6) is -6.16. The SMILES string of the molecule is N=C(N)c1ccc(C(=O)CCC(=O)c2ccc(OCC(=O)O)c(OCC(=O)O)c2)cc1.O=C(O)C(F)(F)F. The van der Waals surface area contributed by atoms with Gasteiger partial charge in [-0.25, -0.2) is 14.4 Å². The van der Waals surface area contributed by atoms with Crippen molar-refractivity contribution in [1.29, 1.82) is 5.41 Å². The number of carboxylic acids is 3. The molecule has 0 aliphatic heterocycles. The second-order valence-electron chi connectivity index (χ2n) is 7.17. The number of nitrogen functional groups attached to an aromatic ring is 1. The molecule has 0 amide bonds. The number of carboxylic acid groups (broad SMARTS) is 3. The monoisotopic (exact) mass is 542 g/mol. The highest BCUT2D eigenvalue weighted by atomic mass is 19.4. The minimum Gasteiger partial charge on any atom is -0.479 e. The fourth-order valence-corrected chi connectivity index (χ4v) is 2.54. The van der Waals surface area contributed by atoms with Crippen LogP contribution in [0.4, 0.5) is 13.2 Å². The van der Waals surface area contributed by atoms with Crippen LogP contribution in [0.15, 0.2) is 42.5 Å². The predicted octanol–water partition coefficient (Wildman–Crippen LogP) is 2.38. The fourth-order valence-electron chi connectivity index (χ4n) is 2.54. The van der Waals surface area contributed by atoms with Crippen molar-refractivity contribution in [1.82, 2.24) is 0 Å². The summed E-state index contributed by atoms with van der Waals surface area (Å²) in [6.45, 7) is -1.39. The van der Waals surface area contributed by atoms with E-state index in [1.807, 2.05) is 0 Å². The summed E-state index contributed by atoms with van der Waals surface area (Å²) in [5.41, 5.74) is 6.38. The van der Waals surface area contributed by atoms with E-state index >= 15 is 0 Å². The maximum atomic E-state index is 12.5. The topological polar surface area (TPSA) is 214 Å². The van der Waals surface area contributed by atoms with Crippen LogP contribution >= 0.6 is 0 Å². The molecule has 0 unspecified atom stereocenters. The van der Waals surface area contributed by atoms with Crippen LogP contribution in [0.3, 0.4) is 0 Å². The molecule has 0 radical (unpaired) electrons. The van der Waals surface area contributed by atoms with Gasteiger partial charge in [0, 0.05) is 29.5 Å². The first kappa shape index (κ1) is 31.1. The number of ketones is 2. The maximum Gasteiger partial charge on any atom is 0.490 e. The Kier molecular flexibility index (Phi) is 11.4. The minimum atomic E-state index is -5.08. The van der Waals surface area contributed by atoms with Crippen LogP contribution in [0.1, 0.15) is 39.1 Å². The molecule has 0 aliphatic carbocycles. The van der Waals surface area contributed by atoms with Crippen molar-refractivity contribution in [3.63, 3.8) is 0 Å². The van der Waals surface area contributed by atoms with E-state index in [0.717, 1.165) is 0 Å². The van der Waals surface area contributed by atoms with Crippen LogP contribution in [-0.4, -0.2) is 70.0 Å². The Hall–Kier alpha value is -4.95. The number of nitrogens with one attached hydrogen (secondary N) is 1. The van der Waals surface area contributed by atoms with Gasteiger partial charge in [-0.2, -0.15) is 13.2 Å². The van der Waals surface area contributed by atoms with E-state index in [9.17, 15) is 32.3 Å². The Morgan fingerprint density at radius 3 is 1.55 bits per heavy atom. The zero-order valence-electron chi connectivity index (χ0n) is 19.3. The van der Waals surface area contributed by atoms with E-state index in [1.165, 1.54) is 30.3 Å². The van der Waals surface area contributed by atoms with Gasteiger partial charge in [-0.1, -0.05) is 24.3 Å².